The molecule has 0 unspecified atom stereocenters. The molecule has 1 N–H and O–H groups in total. The van der Waals surface area contributed by atoms with Crippen molar-refractivity contribution in [2.24, 2.45) is 5.92 Å². The first-order valence-electron chi connectivity index (χ1n) is 6.70. The zero-order valence-corrected chi connectivity index (χ0v) is 11.4. The number of carbonyl (C=O) groups is 1. The number of aliphatic hydroxyl groups excluding tert-OH is 1. The van der Waals surface area contributed by atoms with Crippen LogP contribution >= 0.6 is 0 Å². The van der Waals surface area contributed by atoms with Crippen molar-refractivity contribution in [1.82, 2.24) is 0 Å². The third-order valence-electron chi connectivity index (χ3n) is 3.46. The van der Waals surface area contributed by atoms with Crippen LogP contribution in [0.25, 0.3) is 0 Å². The molecule has 4 nitrogen and oxygen atoms in total. The fraction of sp³-hybridized carbons (Fsp3) is 0.786. The molecule has 1 heterocycles. The van der Waals surface area contributed by atoms with Crippen molar-refractivity contribution < 1.29 is 19.4 Å². The molecule has 4 heteroatoms. The number of rotatable bonds is 9. The van der Waals surface area contributed by atoms with E-state index in [4.69, 9.17) is 14.6 Å². The van der Waals surface area contributed by atoms with Gasteiger partial charge in [-0.3, -0.25) is 4.79 Å². The molecular weight excluding hydrogens is 232 g/mol. The Balaban J connectivity index is 2.32. The first-order valence-corrected chi connectivity index (χ1v) is 6.70. The predicted octanol–water partition coefficient (Wildman–Crippen LogP) is 2.41. The van der Waals surface area contributed by atoms with E-state index in [2.05, 4.69) is 0 Å². The van der Waals surface area contributed by atoms with Gasteiger partial charge in [0.1, 0.15) is 12.0 Å². The Morgan fingerprint density at radius 2 is 1.94 bits per heavy atom. The number of ether oxygens (including phenoxy) is 2. The van der Waals surface area contributed by atoms with Crippen molar-refractivity contribution in [1.29, 1.82) is 0 Å². The number of carbonyl (C=O) groups excluding carboxylic acids is 1. The SMILES string of the molecule is CO[C@@H]1OC(C)=C(C=O)[C@H]1CCCCCCCO. The van der Waals surface area contributed by atoms with Gasteiger partial charge in [0.15, 0.2) is 0 Å². The van der Waals surface area contributed by atoms with Crippen LogP contribution in [0.5, 0.6) is 0 Å². The zero-order chi connectivity index (χ0) is 13.4. The monoisotopic (exact) mass is 256 g/mol. The van der Waals surface area contributed by atoms with E-state index >= 15 is 0 Å². The molecule has 0 fully saturated rings. The standard InChI is InChI=1S/C14H24O4/c1-11-13(10-16)12(14(17-2)18-11)8-6-4-3-5-7-9-15/h10,12,14-15H,3-9H2,1-2H3/t12-,14-/m1/s1. The lowest BCUT2D eigenvalue weighted by molar-refractivity contribution is -0.110. The number of aliphatic hydroxyl groups is 1. The summed E-state index contributed by atoms with van der Waals surface area (Å²) in [6.07, 6.45) is 6.77. The van der Waals surface area contributed by atoms with Crippen LogP contribution in [0, 0.1) is 5.92 Å². The summed E-state index contributed by atoms with van der Waals surface area (Å²) in [5, 5.41) is 8.68. The molecule has 1 rings (SSSR count). The summed E-state index contributed by atoms with van der Waals surface area (Å²) in [6, 6.07) is 0. The fourth-order valence-corrected chi connectivity index (χ4v) is 2.41. The Bertz CT molecular complexity index is 286. The Labute approximate surface area is 109 Å². The summed E-state index contributed by atoms with van der Waals surface area (Å²) < 4.78 is 10.8. The largest absolute Gasteiger partial charge is 0.469 e. The maximum Gasteiger partial charge on any atom is 0.206 e. The Morgan fingerprint density at radius 3 is 2.56 bits per heavy atom. The third kappa shape index (κ3) is 4.10. The van der Waals surface area contributed by atoms with E-state index in [1.807, 2.05) is 6.92 Å². The average molecular weight is 256 g/mol. The van der Waals surface area contributed by atoms with E-state index in [1.165, 1.54) is 0 Å². The highest BCUT2D eigenvalue weighted by molar-refractivity contribution is 5.75. The number of allylic oxidation sites excluding steroid dienone is 1. The number of unbranched alkanes of at least 4 members (excludes halogenated alkanes) is 4. The minimum Gasteiger partial charge on any atom is -0.469 e. The average Bonchev–Trinajstić information content (AvgIpc) is 2.69. The quantitative estimate of drug-likeness (QED) is 0.508. The van der Waals surface area contributed by atoms with E-state index in [9.17, 15) is 4.79 Å². The molecule has 0 spiro atoms. The van der Waals surface area contributed by atoms with Gasteiger partial charge in [-0.1, -0.05) is 25.7 Å². The summed E-state index contributed by atoms with van der Waals surface area (Å²) in [4.78, 5) is 11.0. The van der Waals surface area contributed by atoms with Gasteiger partial charge in [-0.05, 0) is 19.8 Å². The van der Waals surface area contributed by atoms with E-state index in [0.717, 1.165) is 50.4 Å². The van der Waals surface area contributed by atoms with Crippen LogP contribution in [-0.2, 0) is 14.3 Å². The van der Waals surface area contributed by atoms with E-state index in [0.29, 0.717) is 5.76 Å². The van der Waals surface area contributed by atoms with Crippen molar-refractivity contribution in [3.05, 3.63) is 11.3 Å². The molecule has 0 bridgehead atoms. The Hall–Kier alpha value is -0.870. The minimum absolute atomic E-state index is 0.0744. The summed E-state index contributed by atoms with van der Waals surface area (Å²) >= 11 is 0. The molecule has 0 aliphatic carbocycles. The number of aldehydes is 1. The van der Waals surface area contributed by atoms with Crippen LogP contribution in [0.3, 0.4) is 0 Å². The number of methoxy groups -OCH3 is 1. The van der Waals surface area contributed by atoms with Crippen LogP contribution in [0.1, 0.15) is 45.4 Å². The fourth-order valence-electron chi connectivity index (χ4n) is 2.41. The second-order valence-electron chi connectivity index (χ2n) is 4.74. The van der Waals surface area contributed by atoms with Crippen molar-refractivity contribution >= 4 is 6.29 Å². The lowest BCUT2D eigenvalue weighted by atomic mass is 9.93. The number of hydrogen-bond donors (Lipinski definition) is 1. The summed E-state index contributed by atoms with van der Waals surface area (Å²) in [5.74, 6) is 0.771. The normalized spacial score (nSPS) is 23.3. The van der Waals surface area contributed by atoms with Gasteiger partial charge in [0.2, 0.25) is 6.29 Å². The van der Waals surface area contributed by atoms with Crippen LogP contribution in [0.15, 0.2) is 11.3 Å². The smallest absolute Gasteiger partial charge is 0.206 e. The molecule has 104 valence electrons. The molecule has 0 aromatic rings. The van der Waals surface area contributed by atoms with Crippen molar-refractivity contribution in [3.63, 3.8) is 0 Å². The van der Waals surface area contributed by atoms with Crippen molar-refractivity contribution in [2.75, 3.05) is 13.7 Å². The van der Waals surface area contributed by atoms with E-state index in [-0.39, 0.29) is 18.8 Å². The first kappa shape index (κ1) is 15.2. The summed E-state index contributed by atoms with van der Waals surface area (Å²) in [5.41, 5.74) is 0.747. The molecule has 0 aromatic carbocycles. The van der Waals surface area contributed by atoms with Gasteiger partial charge in [-0.15, -0.1) is 0 Å². The molecule has 1 aliphatic heterocycles. The second-order valence-corrected chi connectivity index (χ2v) is 4.74. The highest BCUT2D eigenvalue weighted by Gasteiger charge is 2.34. The minimum atomic E-state index is -0.303. The second kappa shape index (κ2) is 8.27. The van der Waals surface area contributed by atoms with Crippen molar-refractivity contribution in [2.45, 2.75) is 51.7 Å². The van der Waals surface area contributed by atoms with E-state index in [1.54, 1.807) is 7.11 Å². The van der Waals surface area contributed by atoms with Gasteiger partial charge in [0.05, 0.1) is 5.92 Å². The van der Waals surface area contributed by atoms with Gasteiger partial charge in [0.25, 0.3) is 0 Å². The highest BCUT2D eigenvalue weighted by Crippen LogP contribution is 2.33. The number of hydrogen-bond acceptors (Lipinski definition) is 4. The Kier molecular flexibility index (Phi) is 6.98. The van der Waals surface area contributed by atoms with Gasteiger partial charge in [-0.2, -0.15) is 0 Å². The molecule has 0 radical (unpaired) electrons. The molecular formula is C14H24O4. The summed E-state index contributed by atoms with van der Waals surface area (Å²) in [6.45, 7) is 2.09. The maximum atomic E-state index is 11.0. The molecule has 0 saturated carbocycles. The van der Waals surface area contributed by atoms with Gasteiger partial charge in [-0.25, -0.2) is 0 Å². The summed E-state index contributed by atoms with van der Waals surface area (Å²) in [7, 11) is 1.61. The zero-order valence-electron chi connectivity index (χ0n) is 11.4. The lowest BCUT2D eigenvalue weighted by Crippen LogP contribution is -2.21. The van der Waals surface area contributed by atoms with Crippen LogP contribution < -0.4 is 0 Å². The topological polar surface area (TPSA) is 55.8 Å². The highest BCUT2D eigenvalue weighted by atomic mass is 16.7. The molecule has 0 aromatic heterocycles. The van der Waals surface area contributed by atoms with Gasteiger partial charge < -0.3 is 14.6 Å². The van der Waals surface area contributed by atoms with Crippen molar-refractivity contribution in [3.8, 4) is 0 Å². The third-order valence-corrected chi connectivity index (χ3v) is 3.46. The van der Waals surface area contributed by atoms with Crippen LogP contribution in [0.4, 0.5) is 0 Å². The maximum absolute atomic E-state index is 11.0. The Morgan fingerprint density at radius 1 is 1.28 bits per heavy atom. The molecule has 18 heavy (non-hydrogen) atoms. The molecule has 2 atom stereocenters. The van der Waals surface area contributed by atoms with E-state index < -0.39 is 0 Å². The van der Waals surface area contributed by atoms with Gasteiger partial charge >= 0.3 is 0 Å². The van der Waals surface area contributed by atoms with Crippen LogP contribution in [-0.4, -0.2) is 31.4 Å². The molecule has 1 aliphatic rings. The predicted molar refractivity (Wildman–Crippen MR) is 68.9 cm³/mol. The molecule has 0 saturated heterocycles. The lowest BCUT2D eigenvalue weighted by Gasteiger charge is -2.18. The first-order chi connectivity index (χ1) is 8.74. The molecule has 0 amide bonds. The van der Waals surface area contributed by atoms with Crippen LogP contribution in [0.2, 0.25) is 0 Å². The van der Waals surface area contributed by atoms with Gasteiger partial charge in [0, 0.05) is 19.3 Å².